The Morgan fingerprint density at radius 3 is 2.65 bits per heavy atom. The molecule has 3 nitrogen and oxygen atoms in total. The standard InChI is InChI=1S/C12H15F2NO2/c1-8-7-17-3-2-15(8)6-9-4-10(13)12(16)11(14)5-9/h4-5,8,16H,2-3,6-7H2,1H3. The molecule has 0 amide bonds. The molecule has 1 aromatic carbocycles. The zero-order chi connectivity index (χ0) is 12.4. The molecule has 5 heteroatoms. The van der Waals surface area contributed by atoms with Crippen LogP contribution < -0.4 is 0 Å². The third-order valence-electron chi connectivity index (χ3n) is 2.97. The predicted octanol–water partition coefficient (Wildman–Crippen LogP) is 1.89. The van der Waals surface area contributed by atoms with Crippen LogP contribution in [-0.2, 0) is 11.3 Å². The van der Waals surface area contributed by atoms with Gasteiger partial charge in [0, 0.05) is 19.1 Å². The van der Waals surface area contributed by atoms with Crippen molar-refractivity contribution in [3.63, 3.8) is 0 Å². The number of rotatable bonds is 2. The Morgan fingerprint density at radius 1 is 1.41 bits per heavy atom. The number of phenolic OH excluding ortho intramolecular Hbond substituents is 1. The second-order valence-electron chi connectivity index (χ2n) is 4.30. The number of aromatic hydroxyl groups is 1. The van der Waals surface area contributed by atoms with Crippen LogP contribution in [0.1, 0.15) is 12.5 Å². The van der Waals surface area contributed by atoms with Crippen molar-refractivity contribution in [1.29, 1.82) is 0 Å². The molecule has 1 unspecified atom stereocenters. The van der Waals surface area contributed by atoms with Crippen molar-refractivity contribution in [2.45, 2.75) is 19.5 Å². The van der Waals surface area contributed by atoms with Crippen molar-refractivity contribution in [1.82, 2.24) is 4.90 Å². The zero-order valence-electron chi connectivity index (χ0n) is 9.62. The van der Waals surface area contributed by atoms with Gasteiger partial charge in [0.1, 0.15) is 0 Å². The first-order valence-electron chi connectivity index (χ1n) is 5.56. The van der Waals surface area contributed by atoms with E-state index in [1.54, 1.807) is 0 Å². The van der Waals surface area contributed by atoms with Gasteiger partial charge in [-0.2, -0.15) is 0 Å². The summed E-state index contributed by atoms with van der Waals surface area (Å²) in [6.07, 6.45) is 0. The molecule has 1 atom stereocenters. The van der Waals surface area contributed by atoms with E-state index in [0.717, 1.165) is 6.54 Å². The van der Waals surface area contributed by atoms with Crippen LogP contribution in [-0.4, -0.2) is 35.8 Å². The Hall–Kier alpha value is -1.20. The van der Waals surface area contributed by atoms with Gasteiger partial charge in [0.25, 0.3) is 0 Å². The van der Waals surface area contributed by atoms with E-state index in [-0.39, 0.29) is 6.04 Å². The monoisotopic (exact) mass is 243 g/mol. The number of hydrogen-bond acceptors (Lipinski definition) is 3. The van der Waals surface area contributed by atoms with Crippen molar-refractivity contribution in [3.8, 4) is 5.75 Å². The lowest BCUT2D eigenvalue weighted by molar-refractivity contribution is -0.00444. The van der Waals surface area contributed by atoms with E-state index in [0.29, 0.717) is 25.3 Å². The Bertz CT molecular complexity index is 388. The topological polar surface area (TPSA) is 32.7 Å². The van der Waals surface area contributed by atoms with Gasteiger partial charge in [0.2, 0.25) is 0 Å². The number of nitrogens with zero attached hydrogens (tertiary/aromatic N) is 1. The summed E-state index contributed by atoms with van der Waals surface area (Å²) in [5.74, 6) is -2.74. The molecule has 0 saturated carbocycles. The van der Waals surface area contributed by atoms with Crippen LogP contribution in [0.15, 0.2) is 12.1 Å². The highest BCUT2D eigenvalue weighted by atomic mass is 19.1. The summed E-state index contributed by atoms with van der Waals surface area (Å²) in [7, 11) is 0. The molecule has 0 bridgehead atoms. The van der Waals surface area contributed by atoms with Gasteiger partial charge >= 0.3 is 0 Å². The van der Waals surface area contributed by atoms with E-state index in [4.69, 9.17) is 9.84 Å². The summed E-state index contributed by atoms with van der Waals surface area (Å²) >= 11 is 0. The van der Waals surface area contributed by atoms with Crippen LogP contribution >= 0.6 is 0 Å². The first kappa shape index (κ1) is 12.3. The van der Waals surface area contributed by atoms with Crippen molar-refractivity contribution >= 4 is 0 Å². The van der Waals surface area contributed by atoms with E-state index >= 15 is 0 Å². The van der Waals surface area contributed by atoms with Crippen molar-refractivity contribution < 1.29 is 18.6 Å². The molecule has 1 heterocycles. The summed E-state index contributed by atoms with van der Waals surface area (Å²) in [4.78, 5) is 2.09. The average Bonchev–Trinajstić information content (AvgIpc) is 2.29. The van der Waals surface area contributed by atoms with Gasteiger partial charge in [0.05, 0.1) is 13.2 Å². The van der Waals surface area contributed by atoms with Gasteiger partial charge in [-0.3, -0.25) is 4.90 Å². The third kappa shape index (κ3) is 2.73. The molecule has 1 aliphatic rings. The molecule has 1 saturated heterocycles. The smallest absolute Gasteiger partial charge is 0.187 e. The second kappa shape index (κ2) is 4.98. The minimum Gasteiger partial charge on any atom is -0.503 e. The largest absolute Gasteiger partial charge is 0.503 e. The first-order chi connectivity index (χ1) is 8.08. The Labute approximate surface area is 98.6 Å². The van der Waals surface area contributed by atoms with Crippen LogP contribution in [0, 0.1) is 11.6 Å². The highest BCUT2D eigenvalue weighted by molar-refractivity contribution is 5.30. The fourth-order valence-corrected chi connectivity index (χ4v) is 1.94. The number of phenols is 1. The average molecular weight is 243 g/mol. The van der Waals surface area contributed by atoms with Crippen LogP contribution in [0.25, 0.3) is 0 Å². The normalized spacial score (nSPS) is 21.7. The molecule has 1 aromatic rings. The van der Waals surface area contributed by atoms with Crippen molar-refractivity contribution in [3.05, 3.63) is 29.3 Å². The molecule has 0 radical (unpaired) electrons. The summed E-state index contributed by atoms with van der Waals surface area (Å²) < 4.78 is 31.6. The molecular formula is C12H15F2NO2. The number of benzene rings is 1. The molecular weight excluding hydrogens is 228 g/mol. The number of morpholine rings is 1. The maximum absolute atomic E-state index is 13.2. The Kier molecular flexibility index (Phi) is 3.59. The van der Waals surface area contributed by atoms with Crippen LogP contribution in [0.4, 0.5) is 8.78 Å². The lowest BCUT2D eigenvalue weighted by Crippen LogP contribution is -2.42. The molecule has 2 rings (SSSR count). The van der Waals surface area contributed by atoms with Crippen LogP contribution in [0.3, 0.4) is 0 Å². The van der Waals surface area contributed by atoms with Gasteiger partial charge in [-0.1, -0.05) is 0 Å². The van der Waals surface area contributed by atoms with Gasteiger partial charge < -0.3 is 9.84 Å². The first-order valence-corrected chi connectivity index (χ1v) is 5.56. The van der Waals surface area contributed by atoms with Crippen molar-refractivity contribution in [2.24, 2.45) is 0 Å². The zero-order valence-corrected chi connectivity index (χ0v) is 9.62. The van der Waals surface area contributed by atoms with E-state index in [1.165, 1.54) is 12.1 Å². The highest BCUT2D eigenvalue weighted by Crippen LogP contribution is 2.23. The molecule has 0 aromatic heterocycles. The van der Waals surface area contributed by atoms with Gasteiger partial charge in [-0.25, -0.2) is 8.78 Å². The van der Waals surface area contributed by atoms with Crippen LogP contribution in [0.2, 0.25) is 0 Å². The Morgan fingerprint density at radius 2 is 2.06 bits per heavy atom. The van der Waals surface area contributed by atoms with Gasteiger partial charge in [-0.05, 0) is 24.6 Å². The van der Waals surface area contributed by atoms with Gasteiger partial charge in [0.15, 0.2) is 17.4 Å². The van der Waals surface area contributed by atoms with Gasteiger partial charge in [-0.15, -0.1) is 0 Å². The molecule has 94 valence electrons. The maximum Gasteiger partial charge on any atom is 0.187 e. The van der Waals surface area contributed by atoms with E-state index in [2.05, 4.69) is 4.90 Å². The third-order valence-corrected chi connectivity index (χ3v) is 2.97. The Balaban J connectivity index is 2.12. The summed E-state index contributed by atoms with van der Waals surface area (Å²) in [5.41, 5.74) is 0.520. The minimum absolute atomic E-state index is 0.226. The molecule has 1 N–H and O–H groups in total. The van der Waals surface area contributed by atoms with E-state index < -0.39 is 17.4 Å². The second-order valence-corrected chi connectivity index (χ2v) is 4.30. The lowest BCUT2D eigenvalue weighted by Gasteiger charge is -2.33. The van der Waals surface area contributed by atoms with Crippen molar-refractivity contribution in [2.75, 3.05) is 19.8 Å². The summed E-state index contributed by atoms with van der Waals surface area (Å²) in [6, 6.07) is 2.56. The number of halogens is 2. The summed E-state index contributed by atoms with van der Waals surface area (Å²) in [6.45, 7) is 4.46. The predicted molar refractivity (Wildman–Crippen MR) is 58.7 cm³/mol. The molecule has 17 heavy (non-hydrogen) atoms. The van der Waals surface area contributed by atoms with E-state index in [1.807, 2.05) is 6.92 Å². The fourth-order valence-electron chi connectivity index (χ4n) is 1.94. The summed E-state index contributed by atoms with van der Waals surface area (Å²) in [5, 5.41) is 9.00. The molecule has 0 spiro atoms. The lowest BCUT2D eigenvalue weighted by atomic mass is 10.1. The molecule has 1 fully saturated rings. The van der Waals surface area contributed by atoms with E-state index in [9.17, 15) is 8.78 Å². The minimum atomic E-state index is -0.916. The molecule has 1 aliphatic heterocycles. The fraction of sp³-hybridized carbons (Fsp3) is 0.500. The SMILES string of the molecule is CC1COCCN1Cc1cc(F)c(O)c(F)c1. The molecule has 0 aliphatic carbocycles. The maximum atomic E-state index is 13.2. The van der Waals surface area contributed by atoms with Crippen LogP contribution in [0.5, 0.6) is 5.75 Å². The number of hydrogen-bond donors (Lipinski definition) is 1. The highest BCUT2D eigenvalue weighted by Gasteiger charge is 2.20. The number of ether oxygens (including phenoxy) is 1. The quantitative estimate of drug-likeness (QED) is 0.861.